The van der Waals surface area contributed by atoms with E-state index in [2.05, 4.69) is 11.6 Å². The number of nitrogens with zero attached hydrogens (tertiary/aromatic N) is 2. The molecule has 0 saturated carbocycles. The van der Waals surface area contributed by atoms with Gasteiger partial charge < -0.3 is 14.2 Å². The molecule has 0 radical (unpaired) electrons. The molecule has 0 spiro atoms. The maximum Gasteiger partial charge on any atom is 0.338 e. The van der Waals surface area contributed by atoms with Gasteiger partial charge in [-0.2, -0.15) is 0 Å². The number of benzene rings is 3. The van der Waals surface area contributed by atoms with Crippen molar-refractivity contribution in [3.05, 3.63) is 138 Å². The summed E-state index contributed by atoms with van der Waals surface area (Å²) in [5.41, 5.74) is 3.12. The Balaban J connectivity index is 1.52. The number of halogens is 1. The Labute approximate surface area is 252 Å². The molecule has 0 unspecified atom stereocenters. The highest BCUT2D eigenvalue weighted by atomic mass is 35.5. The van der Waals surface area contributed by atoms with Crippen LogP contribution in [0.25, 0.3) is 6.08 Å². The number of allylic oxidation sites excluding steroid dienone is 1. The molecule has 1 atom stereocenters. The summed E-state index contributed by atoms with van der Waals surface area (Å²) in [6, 6.07) is 21.6. The van der Waals surface area contributed by atoms with Crippen molar-refractivity contribution in [3.8, 4) is 11.5 Å². The fraction of sp³-hybridized carbons (Fsp3) is 0.182. The number of ether oxygens (including phenoxy) is 3. The minimum Gasteiger partial charge on any atom is -0.490 e. The largest absolute Gasteiger partial charge is 0.490 e. The Morgan fingerprint density at radius 3 is 2.55 bits per heavy atom. The van der Waals surface area contributed by atoms with E-state index in [4.69, 9.17) is 25.8 Å². The highest BCUT2D eigenvalue weighted by Gasteiger charge is 2.33. The lowest BCUT2D eigenvalue weighted by Gasteiger charge is -2.24. The molecule has 42 heavy (non-hydrogen) atoms. The SMILES string of the molecule is C=CCOc1ccc([C@@H]2C(C(=O)OCC)=C(C)N=c3s/c(=C/c4cccc(OCc5ccc(Cl)cc5)c4)c(=O)n32)cc1. The van der Waals surface area contributed by atoms with Gasteiger partial charge in [-0.25, -0.2) is 9.79 Å². The first-order chi connectivity index (χ1) is 20.4. The number of rotatable bonds is 10. The minimum atomic E-state index is -0.704. The summed E-state index contributed by atoms with van der Waals surface area (Å²) in [7, 11) is 0. The van der Waals surface area contributed by atoms with Crippen LogP contribution in [-0.2, 0) is 16.1 Å². The molecule has 0 aliphatic carbocycles. The van der Waals surface area contributed by atoms with E-state index >= 15 is 0 Å². The van der Waals surface area contributed by atoms with Crippen LogP contribution < -0.4 is 24.4 Å². The van der Waals surface area contributed by atoms with Gasteiger partial charge in [-0.3, -0.25) is 9.36 Å². The zero-order valence-electron chi connectivity index (χ0n) is 23.2. The van der Waals surface area contributed by atoms with E-state index in [0.29, 0.717) is 50.3 Å². The Hall–Kier alpha value is -4.40. The summed E-state index contributed by atoms with van der Waals surface area (Å²) in [4.78, 5) is 32.2. The molecule has 3 aromatic carbocycles. The Morgan fingerprint density at radius 1 is 1.07 bits per heavy atom. The summed E-state index contributed by atoms with van der Waals surface area (Å²) in [5.74, 6) is 0.821. The van der Waals surface area contributed by atoms with Gasteiger partial charge in [0.1, 0.15) is 24.7 Å². The molecule has 7 nitrogen and oxygen atoms in total. The van der Waals surface area contributed by atoms with Gasteiger partial charge in [0, 0.05) is 5.02 Å². The number of carbonyl (C=O) groups excluding carboxylic acids is 1. The number of hydrogen-bond acceptors (Lipinski definition) is 7. The standard InChI is InChI=1S/C33H29ClN2O5S/c1-4-17-40-26-15-11-24(12-16-26)30-29(32(38)39-5-2)21(3)35-33-36(30)31(37)28(42-33)19-23-7-6-8-27(18-23)41-20-22-9-13-25(34)14-10-22/h4,6-16,18-19,30H,1,5,17,20H2,2-3H3/b28-19+/t30-/m1/s1. The second kappa shape index (κ2) is 13.1. The smallest absolute Gasteiger partial charge is 0.338 e. The predicted molar refractivity (Wildman–Crippen MR) is 165 cm³/mol. The van der Waals surface area contributed by atoms with Crippen LogP contribution in [0.5, 0.6) is 11.5 Å². The van der Waals surface area contributed by atoms with E-state index < -0.39 is 12.0 Å². The van der Waals surface area contributed by atoms with Crippen LogP contribution in [0.15, 0.2) is 107 Å². The molecule has 1 aliphatic rings. The van der Waals surface area contributed by atoms with Crippen molar-refractivity contribution in [2.24, 2.45) is 4.99 Å². The van der Waals surface area contributed by atoms with Crippen molar-refractivity contribution >= 4 is 35.0 Å². The summed E-state index contributed by atoms with van der Waals surface area (Å²) >= 11 is 7.25. The second-order valence-corrected chi connectivity index (χ2v) is 10.9. The normalized spacial score (nSPS) is 14.6. The van der Waals surface area contributed by atoms with E-state index in [1.54, 1.807) is 24.5 Å². The number of hydrogen-bond donors (Lipinski definition) is 0. The van der Waals surface area contributed by atoms with Gasteiger partial charge >= 0.3 is 5.97 Å². The van der Waals surface area contributed by atoms with Crippen molar-refractivity contribution in [1.82, 2.24) is 4.57 Å². The zero-order valence-corrected chi connectivity index (χ0v) is 24.8. The molecule has 0 fully saturated rings. The van der Waals surface area contributed by atoms with Gasteiger partial charge in [-0.05, 0) is 73.0 Å². The molecule has 0 bridgehead atoms. The number of fused-ring (bicyclic) bond motifs is 1. The Bertz CT molecular complexity index is 1820. The van der Waals surface area contributed by atoms with Crippen LogP contribution in [0.1, 0.15) is 36.6 Å². The average molecular weight is 601 g/mol. The van der Waals surface area contributed by atoms with Crippen molar-refractivity contribution in [1.29, 1.82) is 0 Å². The van der Waals surface area contributed by atoms with Crippen LogP contribution in [0, 0.1) is 0 Å². The molecular formula is C33H29ClN2O5S. The minimum absolute atomic E-state index is 0.206. The third kappa shape index (κ3) is 6.40. The van der Waals surface area contributed by atoms with E-state index in [1.807, 2.05) is 78.9 Å². The quantitative estimate of drug-likeness (QED) is 0.175. The van der Waals surface area contributed by atoms with E-state index in [0.717, 1.165) is 16.7 Å². The maximum atomic E-state index is 13.9. The summed E-state index contributed by atoms with van der Waals surface area (Å²) in [6.07, 6.45) is 3.48. The Kier molecular flexibility index (Phi) is 9.05. The number of esters is 1. The van der Waals surface area contributed by atoms with Crippen LogP contribution in [0.4, 0.5) is 0 Å². The van der Waals surface area contributed by atoms with E-state index in [9.17, 15) is 9.59 Å². The molecule has 0 N–H and O–H groups in total. The van der Waals surface area contributed by atoms with Crippen LogP contribution in [0.2, 0.25) is 5.02 Å². The van der Waals surface area contributed by atoms with Crippen molar-refractivity contribution < 1.29 is 19.0 Å². The molecule has 2 heterocycles. The lowest BCUT2D eigenvalue weighted by Crippen LogP contribution is -2.39. The Morgan fingerprint density at radius 2 is 1.83 bits per heavy atom. The van der Waals surface area contributed by atoms with Gasteiger partial charge in [0.2, 0.25) is 0 Å². The van der Waals surface area contributed by atoms with Crippen molar-refractivity contribution in [2.75, 3.05) is 13.2 Å². The lowest BCUT2D eigenvalue weighted by molar-refractivity contribution is -0.139. The molecule has 214 valence electrons. The summed E-state index contributed by atoms with van der Waals surface area (Å²) in [5, 5.41) is 0.670. The molecule has 5 rings (SSSR count). The van der Waals surface area contributed by atoms with Crippen LogP contribution in [-0.4, -0.2) is 23.8 Å². The van der Waals surface area contributed by atoms with Gasteiger partial charge in [0.25, 0.3) is 5.56 Å². The van der Waals surface area contributed by atoms with Crippen molar-refractivity contribution in [3.63, 3.8) is 0 Å². The molecule has 0 amide bonds. The number of thiazole rings is 1. The second-order valence-electron chi connectivity index (χ2n) is 9.46. The third-order valence-corrected chi connectivity index (χ3v) is 7.79. The summed E-state index contributed by atoms with van der Waals surface area (Å²) in [6.45, 7) is 8.15. The van der Waals surface area contributed by atoms with E-state index in [-0.39, 0.29) is 12.2 Å². The molecule has 4 aromatic rings. The zero-order chi connectivity index (χ0) is 29.6. The number of carbonyl (C=O) groups is 1. The van der Waals surface area contributed by atoms with Gasteiger partial charge in [0.05, 0.1) is 28.5 Å². The summed E-state index contributed by atoms with van der Waals surface area (Å²) < 4.78 is 19.0. The molecule has 0 saturated heterocycles. The van der Waals surface area contributed by atoms with E-state index in [1.165, 1.54) is 11.3 Å². The molecular weight excluding hydrogens is 572 g/mol. The van der Waals surface area contributed by atoms with Gasteiger partial charge in [0.15, 0.2) is 4.80 Å². The topological polar surface area (TPSA) is 79.1 Å². The first-order valence-corrected chi connectivity index (χ1v) is 14.6. The van der Waals surface area contributed by atoms with Gasteiger partial charge in [-0.1, -0.05) is 72.0 Å². The lowest BCUT2D eigenvalue weighted by atomic mass is 9.96. The first kappa shape index (κ1) is 29.1. The molecule has 1 aliphatic heterocycles. The maximum absolute atomic E-state index is 13.9. The fourth-order valence-corrected chi connectivity index (χ4v) is 5.77. The van der Waals surface area contributed by atoms with Crippen LogP contribution in [0.3, 0.4) is 0 Å². The van der Waals surface area contributed by atoms with Gasteiger partial charge in [-0.15, -0.1) is 0 Å². The monoisotopic (exact) mass is 600 g/mol. The molecule has 1 aromatic heterocycles. The van der Waals surface area contributed by atoms with Crippen LogP contribution >= 0.6 is 22.9 Å². The van der Waals surface area contributed by atoms with Crippen molar-refractivity contribution in [2.45, 2.75) is 26.5 Å². The predicted octanol–water partition coefficient (Wildman–Crippen LogP) is 5.60. The highest BCUT2D eigenvalue weighted by molar-refractivity contribution is 7.07. The third-order valence-electron chi connectivity index (χ3n) is 6.56. The average Bonchev–Trinajstić information content (AvgIpc) is 3.29. The molecule has 9 heteroatoms. The highest BCUT2D eigenvalue weighted by Crippen LogP contribution is 2.31. The fourth-order valence-electron chi connectivity index (χ4n) is 4.60. The first-order valence-electron chi connectivity index (χ1n) is 13.4. The number of aromatic nitrogens is 1.